The molecule has 0 spiro atoms. The van der Waals surface area contributed by atoms with Crippen molar-refractivity contribution in [3.63, 3.8) is 0 Å². The van der Waals surface area contributed by atoms with Crippen molar-refractivity contribution in [1.82, 2.24) is 15.5 Å². The summed E-state index contributed by atoms with van der Waals surface area (Å²) in [6.45, 7) is 0.643. The zero-order valence-electron chi connectivity index (χ0n) is 13.9. The Bertz CT molecular complexity index is 551. The maximum atomic E-state index is 12.4. The van der Waals surface area contributed by atoms with Gasteiger partial charge in [-0.25, -0.2) is 0 Å². The molecular weight excluding hydrogens is 468 g/mol. The van der Waals surface area contributed by atoms with Crippen molar-refractivity contribution in [2.75, 3.05) is 33.2 Å². The molecule has 25 heavy (non-hydrogen) atoms. The summed E-state index contributed by atoms with van der Waals surface area (Å²) in [6.07, 6.45) is -2.66. The van der Waals surface area contributed by atoms with Gasteiger partial charge >= 0.3 is 6.18 Å². The number of guanidine groups is 1. The summed E-state index contributed by atoms with van der Waals surface area (Å²) in [6, 6.07) is 7.60. The molecule has 1 heterocycles. The molecule has 1 aliphatic heterocycles. The van der Waals surface area contributed by atoms with Crippen molar-refractivity contribution in [1.29, 1.82) is 0 Å². The Labute approximate surface area is 168 Å². The minimum absolute atomic E-state index is 0. The molecule has 1 aliphatic rings. The first-order valence-corrected chi connectivity index (χ1v) is 8.24. The summed E-state index contributed by atoms with van der Waals surface area (Å²) >= 11 is 5.85. The van der Waals surface area contributed by atoms with E-state index in [9.17, 15) is 13.2 Å². The van der Waals surface area contributed by atoms with Gasteiger partial charge in [-0.15, -0.1) is 24.0 Å². The van der Waals surface area contributed by atoms with E-state index in [1.807, 2.05) is 24.3 Å². The van der Waals surface area contributed by atoms with E-state index in [-0.39, 0.29) is 30.0 Å². The quantitative estimate of drug-likeness (QED) is 0.378. The molecule has 0 saturated carbocycles. The molecule has 0 aliphatic carbocycles. The van der Waals surface area contributed by atoms with Crippen molar-refractivity contribution in [2.45, 2.75) is 25.1 Å². The van der Waals surface area contributed by atoms with Crippen molar-refractivity contribution in [3.8, 4) is 0 Å². The van der Waals surface area contributed by atoms with Crippen LogP contribution in [0.15, 0.2) is 29.3 Å². The van der Waals surface area contributed by atoms with Crippen LogP contribution in [0.5, 0.6) is 0 Å². The molecule has 1 unspecified atom stereocenters. The zero-order valence-corrected chi connectivity index (χ0v) is 17.0. The molecule has 1 aromatic carbocycles. The molecule has 0 aromatic heterocycles. The second kappa shape index (κ2) is 10.4. The van der Waals surface area contributed by atoms with Gasteiger partial charge in [-0.3, -0.25) is 9.89 Å². The second-order valence-corrected chi connectivity index (χ2v) is 6.29. The topological polar surface area (TPSA) is 39.7 Å². The molecule has 142 valence electrons. The van der Waals surface area contributed by atoms with Gasteiger partial charge in [-0.2, -0.15) is 13.2 Å². The van der Waals surface area contributed by atoms with E-state index >= 15 is 0 Å². The zero-order chi connectivity index (χ0) is 17.6. The Balaban J connectivity index is 0.00000312. The van der Waals surface area contributed by atoms with Gasteiger partial charge in [0, 0.05) is 37.7 Å². The fourth-order valence-electron chi connectivity index (χ4n) is 2.71. The van der Waals surface area contributed by atoms with Crippen LogP contribution < -0.4 is 10.6 Å². The normalized spacial score (nSPS) is 18.8. The van der Waals surface area contributed by atoms with Crippen molar-refractivity contribution in [3.05, 3.63) is 34.9 Å². The van der Waals surface area contributed by atoms with E-state index in [1.165, 1.54) is 4.90 Å². The number of rotatable bonds is 5. The van der Waals surface area contributed by atoms with Gasteiger partial charge in [0.25, 0.3) is 0 Å². The lowest BCUT2D eigenvalue weighted by atomic mass is 10.1. The average Bonchev–Trinajstić information content (AvgIpc) is 2.93. The first kappa shape index (κ1) is 22.3. The summed E-state index contributed by atoms with van der Waals surface area (Å²) in [5.41, 5.74) is 1.15. The highest BCUT2D eigenvalue weighted by atomic mass is 127. The summed E-state index contributed by atoms with van der Waals surface area (Å²) in [4.78, 5) is 5.54. The molecule has 4 nitrogen and oxygen atoms in total. The van der Waals surface area contributed by atoms with E-state index in [4.69, 9.17) is 11.6 Å². The van der Waals surface area contributed by atoms with Crippen LogP contribution in [0.3, 0.4) is 0 Å². The maximum absolute atomic E-state index is 12.4. The summed E-state index contributed by atoms with van der Waals surface area (Å²) in [5.74, 6) is 0.614. The summed E-state index contributed by atoms with van der Waals surface area (Å²) < 4.78 is 37.2. The molecule has 0 bridgehead atoms. The Morgan fingerprint density at radius 1 is 1.32 bits per heavy atom. The van der Waals surface area contributed by atoms with E-state index < -0.39 is 12.7 Å². The smallest absolute Gasteiger partial charge is 0.356 e. The van der Waals surface area contributed by atoms with Crippen LogP contribution in [0.1, 0.15) is 12.0 Å². The molecule has 1 saturated heterocycles. The SMILES string of the molecule is CN=C(NCCc1ccc(Cl)cc1)NC1CCN(CC(F)(F)F)C1.I. The van der Waals surface area contributed by atoms with Crippen LogP contribution in [-0.2, 0) is 6.42 Å². The van der Waals surface area contributed by atoms with E-state index in [0.29, 0.717) is 37.0 Å². The third kappa shape index (κ3) is 8.46. The number of aliphatic imine (C=N–C) groups is 1. The number of alkyl halides is 3. The fourth-order valence-corrected chi connectivity index (χ4v) is 2.84. The molecule has 0 radical (unpaired) electrons. The third-order valence-electron chi connectivity index (χ3n) is 3.86. The van der Waals surface area contributed by atoms with Crippen molar-refractivity contribution < 1.29 is 13.2 Å². The van der Waals surface area contributed by atoms with E-state index in [1.54, 1.807) is 7.05 Å². The lowest BCUT2D eigenvalue weighted by Gasteiger charge is -2.19. The van der Waals surface area contributed by atoms with Gasteiger partial charge in [0.15, 0.2) is 5.96 Å². The van der Waals surface area contributed by atoms with Crippen LogP contribution in [-0.4, -0.2) is 56.3 Å². The summed E-state index contributed by atoms with van der Waals surface area (Å²) in [5, 5.41) is 7.08. The number of benzene rings is 1. The molecule has 2 rings (SSSR count). The molecule has 1 atom stereocenters. The molecule has 0 amide bonds. The first-order chi connectivity index (χ1) is 11.4. The lowest BCUT2D eigenvalue weighted by Crippen LogP contribution is -2.45. The maximum Gasteiger partial charge on any atom is 0.401 e. The number of likely N-dealkylation sites (tertiary alicyclic amines) is 1. The second-order valence-electron chi connectivity index (χ2n) is 5.86. The number of nitrogens with one attached hydrogen (secondary N) is 2. The van der Waals surface area contributed by atoms with Crippen molar-refractivity contribution >= 4 is 41.5 Å². The van der Waals surface area contributed by atoms with Gasteiger partial charge in [0.2, 0.25) is 0 Å². The number of halogens is 5. The van der Waals surface area contributed by atoms with Gasteiger partial charge in [0.1, 0.15) is 0 Å². The minimum atomic E-state index is -4.15. The van der Waals surface area contributed by atoms with Crippen LogP contribution in [0.4, 0.5) is 13.2 Å². The Morgan fingerprint density at radius 3 is 2.60 bits per heavy atom. The standard InChI is InChI=1S/C16H22ClF3N4.HI/c1-21-15(22-8-6-12-2-4-13(17)5-3-12)23-14-7-9-24(10-14)11-16(18,19)20;/h2-5,14H,6-11H2,1H3,(H2,21,22,23);1H. The predicted octanol–water partition coefficient (Wildman–Crippen LogP) is 3.30. The predicted molar refractivity (Wildman–Crippen MR) is 106 cm³/mol. The average molecular weight is 491 g/mol. The van der Waals surface area contributed by atoms with Gasteiger partial charge in [0.05, 0.1) is 6.54 Å². The van der Waals surface area contributed by atoms with Gasteiger partial charge < -0.3 is 10.6 Å². The lowest BCUT2D eigenvalue weighted by molar-refractivity contribution is -0.143. The van der Waals surface area contributed by atoms with E-state index in [2.05, 4.69) is 15.6 Å². The van der Waals surface area contributed by atoms with Crippen LogP contribution in [0, 0.1) is 0 Å². The van der Waals surface area contributed by atoms with Crippen molar-refractivity contribution in [2.24, 2.45) is 4.99 Å². The highest BCUT2D eigenvalue weighted by Gasteiger charge is 2.34. The molecular formula is C16H23ClF3IN4. The van der Waals surface area contributed by atoms with Gasteiger partial charge in [-0.1, -0.05) is 23.7 Å². The Morgan fingerprint density at radius 2 is 2.00 bits per heavy atom. The first-order valence-electron chi connectivity index (χ1n) is 7.86. The van der Waals surface area contributed by atoms with E-state index in [0.717, 1.165) is 12.0 Å². The van der Waals surface area contributed by atoms with Crippen LogP contribution in [0.25, 0.3) is 0 Å². The summed E-state index contributed by atoms with van der Waals surface area (Å²) in [7, 11) is 1.65. The molecule has 1 aromatic rings. The molecule has 9 heteroatoms. The highest BCUT2D eigenvalue weighted by Crippen LogP contribution is 2.19. The number of hydrogen-bond acceptors (Lipinski definition) is 2. The Kier molecular flexibility index (Phi) is 9.29. The fraction of sp³-hybridized carbons (Fsp3) is 0.562. The third-order valence-corrected chi connectivity index (χ3v) is 4.11. The number of hydrogen-bond donors (Lipinski definition) is 2. The Hall–Kier alpha value is -0.740. The number of nitrogens with zero attached hydrogens (tertiary/aromatic N) is 2. The molecule has 2 N–H and O–H groups in total. The monoisotopic (exact) mass is 490 g/mol. The largest absolute Gasteiger partial charge is 0.401 e. The molecule has 1 fully saturated rings. The van der Waals surface area contributed by atoms with Crippen LogP contribution in [0.2, 0.25) is 5.02 Å². The minimum Gasteiger partial charge on any atom is -0.356 e. The van der Waals surface area contributed by atoms with Gasteiger partial charge in [-0.05, 0) is 30.5 Å². The highest BCUT2D eigenvalue weighted by molar-refractivity contribution is 14.0. The van der Waals surface area contributed by atoms with Crippen LogP contribution >= 0.6 is 35.6 Å².